The summed E-state index contributed by atoms with van der Waals surface area (Å²) in [6, 6.07) is 14.9. The number of amides is 1. The summed E-state index contributed by atoms with van der Waals surface area (Å²) in [6.45, 7) is 2.07. The number of aromatic nitrogens is 3. The molecule has 0 saturated heterocycles. The van der Waals surface area contributed by atoms with Gasteiger partial charge in [-0.2, -0.15) is 0 Å². The molecule has 2 aromatic carbocycles. The Kier molecular flexibility index (Phi) is 5.29. The van der Waals surface area contributed by atoms with Gasteiger partial charge >= 0.3 is 5.69 Å². The molecular weight excluding hydrogens is 404 g/mol. The van der Waals surface area contributed by atoms with Crippen LogP contribution in [0, 0.1) is 6.92 Å². The Balaban J connectivity index is 1.60. The molecule has 3 N–H and O–H groups in total. The molecule has 0 aliphatic heterocycles. The van der Waals surface area contributed by atoms with Crippen molar-refractivity contribution in [3.8, 4) is 11.3 Å². The molecule has 152 valence electrons. The molecule has 4 aromatic rings. The van der Waals surface area contributed by atoms with Crippen LogP contribution in [-0.4, -0.2) is 20.4 Å². The van der Waals surface area contributed by atoms with Crippen molar-refractivity contribution in [2.45, 2.75) is 20.0 Å². The third-order valence-electron chi connectivity index (χ3n) is 4.96. The summed E-state index contributed by atoms with van der Waals surface area (Å²) in [7, 11) is 0. The van der Waals surface area contributed by atoms with Gasteiger partial charge in [0.15, 0.2) is 0 Å². The van der Waals surface area contributed by atoms with Crippen molar-refractivity contribution < 1.29 is 4.79 Å². The van der Waals surface area contributed by atoms with E-state index < -0.39 is 11.2 Å². The number of rotatable bonds is 5. The van der Waals surface area contributed by atoms with E-state index in [9.17, 15) is 14.4 Å². The van der Waals surface area contributed by atoms with Gasteiger partial charge in [-0.05, 0) is 35.7 Å². The van der Waals surface area contributed by atoms with Crippen LogP contribution in [0.1, 0.15) is 11.1 Å². The van der Waals surface area contributed by atoms with E-state index in [2.05, 4.69) is 15.3 Å². The average molecular weight is 423 g/mol. The van der Waals surface area contributed by atoms with E-state index in [-0.39, 0.29) is 19.0 Å². The molecule has 4 rings (SSSR count). The SMILES string of the molecule is Cc1c(-c2ccccc2)[nH]c2c(CNC(=O)Cn3ccc(=O)[nH]c3=O)cc(Cl)cc12. The van der Waals surface area contributed by atoms with Crippen LogP contribution in [-0.2, 0) is 17.9 Å². The number of H-pyrrole nitrogens is 2. The van der Waals surface area contributed by atoms with Gasteiger partial charge in [-0.25, -0.2) is 4.79 Å². The highest BCUT2D eigenvalue weighted by molar-refractivity contribution is 6.31. The molecule has 0 unspecified atom stereocenters. The number of benzene rings is 2. The van der Waals surface area contributed by atoms with Gasteiger partial charge in [0.2, 0.25) is 5.91 Å². The van der Waals surface area contributed by atoms with Crippen molar-refractivity contribution in [1.82, 2.24) is 19.9 Å². The van der Waals surface area contributed by atoms with Gasteiger partial charge in [0.1, 0.15) is 6.54 Å². The van der Waals surface area contributed by atoms with Crippen molar-refractivity contribution >= 4 is 28.4 Å². The van der Waals surface area contributed by atoms with Crippen molar-refractivity contribution in [1.29, 1.82) is 0 Å². The van der Waals surface area contributed by atoms with Gasteiger partial charge in [0, 0.05) is 34.9 Å². The van der Waals surface area contributed by atoms with E-state index >= 15 is 0 Å². The zero-order valence-electron chi connectivity index (χ0n) is 16.2. The summed E-state index contributed by atoms with van der Waals surface area (Å²) >= 11 is 6.33. The first kappa shape index (κ1) is 19.7. The molecule has 0 radical (unpaired) electrons. The molecule has 30 heavy (non-hydrogen) atoms. The van der Waals surface area contributed by atoms with Crippen LogP contribution < -0.4 is 16.6 Å². The second-order valence-corrected chi connectivity index (χ2v) is 7.43. The molecule has 7 nitrogen and oxygen atoms in total. The number of halogens is 1. The Morgan fingerprint density at radius 2 is 1.87 bits per heavy atom. The summed E-state index contributed by atoms with van der Waals surface area (Å²) < 4.78 is 1.14. The normalized spacial score (nSPS) is 11.0. The highest BCUT2D eigenvalue weighted by Crippen LogP contribution is 2.33. The standard InChI is InChI=1S/C22H19ClN4O3/c1-13-17-10-16(23)9-15(21(17)26-20(13)14-5-3-2-4-6-14)11-24-19(29)12-27-8-7-18(28)25-22(27)30/h2-10,26H,11-12H2,1H3,(H,24,29)(H,25,28,30). The molecule has 0 bridgehead atoms. The van der Waals surface area contributed by atoms with E-state index in [1.165, 1.54) is 12.3 Å². The number of carbonyl (C=O) groups is 1. The molecule has 0 saturated carbocycles. The number of nitrogens with one attached hydrogen (secondary N) is 3. The number of hydrogen-bond acceptors (Lipinski definition) is 3. The van der Waals surface area contributed by atoms with E-state index in [1.54, 1.807) is 6.07 Å². The van der Waals surface area contributed by atoms with Crippen LogP contribution in [0.4, 0.5) is 0 Å². The number of fused-ring (bicyclic) bond motifs is 1. The zero-order chi connectivity index (χ0) is 21.3. The van der Waals surface area contributed by atoms with Crippen LogP contribution in [0.5, 0.6) is 0 Å². The fourth-order valence-electron chi connectivity index (χ4n) is 3.47. The van der Waals surface area contributed by atoms with Gasteiger partial charge in [-0.3, -0.25) is 19.1 Å². The minimum Gasteiger partial charge on any atom is -0.354 e. The second-order valence-electron chi connectivity index (χ2n) is 6.99. The number of aromatic amines is 2. The Bertz CT molecular complexity index is 1350. The van der Waals surface area contributed by atoms with Crippen LogP contribution in [0.25, 0.3) is 22.2 Å². The quantitative estimate of drug-likeness (QED) is 0.461. The van der Waals surface area contributed by atoms with Crippen molar-refractivity contribution in [2.75, 3.05) is 0 Å². The zero-order valence-corrected chi connectivity index (χ0v) is 16.9. The minimum atomic E-state index is -0.629. The fraction of sp³-hybridized carbons (Fsp3) is 0.136. The average Bonchev–Trinajstić information content (AvgIpc) is 3.05. The lowest BCUT2D eigenvalue weighted by molar-refractivity contribution is -0.121. The number of hydrogen-bond donors (Lipinski definition) is 3. The highest BCUT2D eigenvalue weighted by Gasteiger charge is 2.14. The first-order valence-corrected chi connectivity index (χ1v) is 9.73. The summed E-state index contributed by atoms with van der Waals surface area (Å²) in [5.74, 6) is -0.358. The summed E-state index contributed by atoms with van der Waals surface area (Å²) in [5.41, 5.74) is 3.74. The molecule has 0 fully saturated rings. The van der Waals surface area contributed by atoms with Crippen molar-refractivity contribution in [3.05, 3.63) is 91.7 Å². The van der Waals surface area contributed by atoms with Crippen LogP contribution in [0.2, 0.25) is 5.02 Å². The Labute approximate surface area is 176 Å². The van der Waals surface area contributed by atoms with Gasteiger partial charge < -0.3 is 10.3 Å². The molecule has 0 aliphatic rings. The fourth-order valence-corrected chi connectivity index (χ4v) is 3.71. The van der Waals surface area contributed by atoms with Gasteiger partial charge in [0.25, 0.3) is 5.56 Å². The van der Waals surface area contributed by atoms with E-state index in [1.807, 2.05) is 43.3 Å². The summed E-state index contributed by atoms with van der Waals surface area (Å²) in [6.07, 6.45) is 1.29. The lowest BCUT2D eigenvalue weighted by Gasteiger charge is -2.09. The van der Waals surface area contributed by atoms with E-state index in [0.717, 1.165) is 37.9 Å². The van der Waals surface area contributed by atoms with Crippen molar-refractivity contribution in [3.63, 3.8) is 0 Å². The lowest BCUT2D eigenvalue weighted by Crippen LogP contribution is -2.35. The first-order chi connectivity index (χ1) is 14.4. The van der Waals surface area contributed by atoms with Crippen LogP contribution in [0.15, 0.2) is 64.3 Å². The van der Waals surface area contributed by atoms with Gasteiger partial charge in [-0.15, -0.1) is 0 Å². The number of nitrogens with zero attached hydrogens (tertiary/aromatic N) is 1. The lowest BCUT2D eigenvalue weighted by atomic mass is 10.1. The topological polar surface area (TPSA) is 99.8 Å². The van der Waals surface area contributed by atoms with Crippen LogP contribution in [0.3, 0.4) is 0 Å². The maximum Gasteiger partial charge on any atom is 0.328 e. The van der Waals surface area contributed by atoms with Gasteiger partial charge in [0.05, 0.1) is 5.52 Å². The second kappa shape index (κ2) is 8.04. The summed E-state index contributed by atoms with van der Waals surface area (Å²) in [4.78, 5) is 40.8. The molecule has 8 heteroatoms. The Morgan fingerprint density at radius 1 is 1.10 bits per heavy atom. The molecule has 0 aliphatic carbocycles. The van der Waals surface area contributed by atoms with Crippen LogP contribution >= 0.6 is 11.6 Å². The third kappa shape index (κ3) is 3.92. The predicted octanol–water partition coefficient (Wildman–Crippen LogP) is 2.96. The molecule has 2 aromatic heterocycles. The molecule has 0 atom stereocenters. The Hall–Kier alpha value is -3.58. The van der Waals surface area contributed by atoms with Gasteiger partial charge in [-0.1, -0.05) is 41.9 Å². The molecule has 0 spiro atoms. The number of aryl methyl sites for hydroxylation is 1. The highest BCUT2D eigenvalue weighted by atomic mass is 35.5. The van der Waals surface area contributed by atoms with E-state index in [0.29, 0.717) is 5.02 Å². The Morgan fingerprint density at radius 3 is 2.60 bits per heavy atom. The number of carbonyl (C=O) groups excluding carboxylic acids is 1. The first-order valence-electron chi connectivity index (χ1n) is 9.35. The maximum absolute atomic E-state index is 12.3. The minimum absolute atomic E-state index is 0.196. The molecular formula is C22H19ClN4O3. The summed E-state index contributed by atoms with van der Waals surface area (Å²) in [5, 5.41) is 4.37. The molecule has 1 amide bonds. The predicted molar refractivity (Wildman–Crippen MR) is 117 cm³/mol. The third-order valence-corrected chi connectivity index (χ3v) is 5.18. The smallest absolute Gasteiger partial charge is 0.328 e. The molecule has 2 heterocycles. The van der Waals surface area contributed by atoms with E-state index in [4.69, 9.17) is 11.6 Å². The monoisotopic (exact) mass is 422 g/mol. The maximum atomic E-state index is 12.3. The van der Waals surface area contributed by atoms with Crippen molar-refractivity contribution in [2.24, 2.45) is 0 Å². The largest absolute Gasteiger partial charge is 0.354 e.